The zero-order chi connectivity index (χ0) is 15.4. The van der Waals surface area contributed by atoms with Crippen LogP contribution in [0.15, 0.2) is 36.0 Å². The van der Waals surface area contributed by atoms with Gasteiger partial charge in [0.1, 0.15) is 0 Å². The number of rotatable bonds is 6. The first-order chi connectivity index (χ1) is 10.7. The molecule has 0 radical (unpaired) electrons. The Morgan fingerprint density at radius 1 is 1.55 bits per heavy atom. The van der Waals surface area contributed by atoms with E-state index in [9.17, 15) is 4.79 Å². The third-order valence-corrected chi connectivity index (χ3v) is 5.21. The number of aromatic nitrogens is 2. The number of hydrogen-bond donors (Lipinski definition) is 1. The summed E-state index contributed by atoms with van der Waals surface area (Å²) in [7, 11) is 0. The van der Waals surface area contributed by atoms with E-state index in [1.165, 1.54) is 4.88 Å². The van der Waals surface area contributed by atoms with Crippen LogP contribution in [0.1, 0.15) is 30.7 Å². The molecule has 0 spiro atoms. The van der Waals surface area contributed by atoms with E-state index in [1.54, 1.807) is 17.5 Å². The van der Waals surface area contributed by atoms with Gasteiger partial charge in [0.05, 0.1) is 19.1 Å². The molecule has 3 heterocycles. The predicted molar refractivity (Wildman–Crippen MR) is 87.7 cm³/mol. The monoisotopic (exact) mass is 318 g/mol. The van der Waals surface area contributed by atoms with Gasteiger partial charge in [0.2, 0.25) is 5.91 Å². The average Bonchev–Trinajstić information content (AvgIpc) is 3.22. The van der Waals surface area contributed by atoms with Crippen LogP contribution in [-0.2, 0) is 11.3 Å². The van der Waals surface area contributed by atoms with Crippen molar-refractivity contribution in [3.8, 4) is 0 Å². The zero-order valence-corrected chi connectivity index (χ0v) is 13.6. The lowest BCUT2D eigenvalue weighted by Gasteiger charge is -2.24. The van der Waals surface area contributed by atoms with Gasteiger partial charge in [-0.25, -0.2) is 0 Å². The second kappa shape index (κ2) is 7.07. The molecule has 1 fully saturated rings. The molecule has 0 bridgehead atoms. The summed E-state index contributed by atoms with van der Waals surface area (Å²) in [4.78, 5) is 15.8. The van der Waals surface area contributed by atoms with Crippen LogP contribution in [0.3, 0.4) is 0 Å². The molecule has 1 amide bonds. The highest BCUT2D eigenvalue weighted by molar-refractivity contribution is 7.10. The van der Waals surface area contributed by atoms with Crippen LogP contribution in [-0.4, -0.2) is 39.7 Å². The van der Waals surface area contributed by atoms with Crippen LogP contribution in [0.4, 0.5) is 0 Å². The first-order valence-electron chi connectivity index (χ1n) is 7.76. The molecule has 0 unspecified atom stereocenters. The highest BCUT2D eigenvalue weighted by Crippen LogP contribution is 2.20. The standard InChI is InChI=1S/C16H22N4OS/c1-13(15-6-3-10-22-15)18-16(21)12-19-8-2-5-14(19)11-20-9-4-7-17-20/h3-4,6-7,9-10,13-14H,2,5,8,11-12H2,1H3,(H,18,21)/t13-,14-/m1/s1. The van der Waals surface area contributed by atoms with Gasteiger partial charge >= 0.3 is 0 Å². The maximum Gasteiger partial charge on any atom is 0.234 e. The Morgan fingerprint density at radius 3 is 3.18 bits per heavy atom. The molecule has 1 saturated heterocycles. The lowest BCUT2D eigenvalue weighted by Crippen LogP contribution is -2.41. The fourth-order valence-electron chi connectivity index (χ4n) is 3.01. The largest absolute Gasteiger partial charge is 0.348 e. The van der Waals surface area contributed by atoms with Gasteiger partial charge in [-0.05, 0) is 43.8 Å². The van der Waals surface area contributed by atoms with E-state index < -0.39 is 0 Å². The van der Waals surface area contributed by atoms with Gasteiger partial charge < -0.3 is 5.32 Å². The first-order valence-corrected chi connectivity index (χ1v) is 8.64. The normalized spacial score (nSPS) is 20.1. The molecule has 2 aromatic rings. The lowest BCUT2D eigenvalue weighted by molar-refractivity contribution is -0.123. The van der Waals surface area contributed by atoms with Crippen molar-refractivity contribution in [1.82, 2.24) is 20.0 Å². The number of carbonyl (C=O) groups is 1. The Balaban J connectivity index is 1.51. The molecule has 0 aliphatic carbocycles. The minimum atomic E-state index is 0.0830. The van der Waals surface area contributed by atoms with Crippen molar-refractivity contribution >= 4 is 17.2 Å². The first kappa shape index (κ1) is 15.2. The second-order valence-corrected chi connectivity index (χ2v) is 6.78. The predicted octanol–water partition coefficient (Wildman–Crippen LogP) is 2.29. The van der Waals surface area contributed by atoms with Crippen molar-refractivity contribution in [2.75, 3.05) is 13.1 Å². The Kier molecular flexibility index (Phi) is 4.90. The summed E-state index contributed by atoms with van der Waals surface area (Å²) in [6, 6.07) is 6.51. The summed E-state index contributed by atoms with van der Waals surface area (Å²) < 4.78 is 1.95. The molecule has 5 nitrogen and oxygen atoms in total. The molecule has 0 aromatic carbocycles. The lowest BCUT2D eigenvalue weighted by atomic mass is 10.2. The van der Waals surface area contributed by atoms with Crippen molar-refractivity contribution in [3.05, 3.63) is 40.8 Å². The van der Waals surface area contributed by atoms with E-state index in [-0.39, 0.29) is 11.9 Å². The Morgan fingerprint density at radius 2 is 2.45 bits per heavy atom. The highest BCUT2D eigenvalue weighted by Gasteiger charge is 2.27. The number of amides is 1. The molecule has 1 aliphatic heterocycles. The molecule has 3 rings (SSSR count). The summed E-state index contributed by atoms with van der Waals surface area (Å²) in [5.74, 6) is 0.105. The Labute approximate surface area is 134 Å². The second-order valence-electron chi connectivity index (χ2n) is 5.80. The van der Waals surface area contributed by atoms with Crippen LogP contribution >= 0.6 is 11.3 Å². The summed E-state index contributed by atoms with van der Waals surface area (Å²) in [6.45, 7) is 4.37. The fourth-order valence-corrected chi connectivity index (χ4v) is 3.75. The van der Waals surface area contributed by atoms with Gasteiger partial charge in [0, 0.05) is 23.3 Å². The Hall–Kier alpha value is -1.66. The number of likely N-dealkylation sites (tertiary alicyclic amines) is 1. The molecule has 2 atom stereocenters. The van der Waals surface area contributed by atoms with Crippen molar-refractivity contribution in [2.24, 2.45) is 0 Å². The van der Waals surface area contributed by atoms with E-state index in [0.717, 1.165) is 25.9 Å². The number of thiophene rings is 1. The van der Waals surface area contributed by atoms with Crippen LogP contribution < -0.4 is 5.32 Å². The SMILES string of the molecule is C[C@@H](NC(=O)CN1CCC[C@@H]1Cn1cccn1)c1cccs1. The van der Waals surface area contributed by atoms with Gasteiger partial charge in [0.15, 0.2) is 0 Å². The van der Waals surface area contributed by atoms with Crippen molar-refractivity contribution in [1.29, 1.82) is 0 Å². The molecule has 118 valence electrons. The summed E-state index contributed by atoms with van der Waals surface area (Å²) >= 11 is 1.68. The topological polar surface area (TPSA) is 50.2 Å². The molecule has 1 aliphatic rings. The molecular formula is C16H22N4OS. The summed E-state index contributed by atoms with van der Waals surface area (Å²) in [5, 5.41) is 9.40. The van der Waals surface area contributed by atoms with Gasteiger partial charge in [0.25, 0.3) is 0 Å². The maximum atomic E-state index is 12.3. The van der Waals surface area contributed by atoms with Crippen molar-refractivity contribution < 1.29 is 4.79 Å². The van der Waals surface area contributed by atoms with Gasteiger partial charge in [-0.2, -0.15) is 5.10 Å². The molecule has 2 aromatic heterocycles. The van der Waals surface area contributed by atoms with Crippen molar-refractivity contribution in [3.63, 3.8) is 0 Å². The quantitative estimate of drug-likeness (QED) is 0.889. The molecule has 6 heteroatoms. The number of carbonyl (C=O) groups excluding carboxylic acids is 1. The molecule has 1 N–H and O–H groups in total. The minimum absolute atomic E-state index is 0.0830. The highest BCUT2D eigenvalue weighted by atomic mass is 32.1. The maximum absolute atomic E-state index is 12.3. The van der Waals surface area contributed by atoms with Gasteiger partial charge in [-0.15, -0.1) is 11.3 Å². The third kappa shape index (κ3) is 3.75. The van der Waals surface area contributed by atoms with Crippen LogP contribution in [0.25, 0.3) is 0 Å². The Bertz CT molecular complexity index is 581. The van der Waals surface area contributed by atoms with Crippen LogP contribution in [0.5, 0.6) is 0 Å². The van der Waals surface area contributed by atoms with Gasteiger partial charge in [-0.3, -0.25) is 14.4 Å². The van der Waals surface area contributed by atoms with E-state index >= 15 is 0 Å². The third-order valence-electron chi connectivity index (χ3n) is 4.15. The molecule has 22 heavy (non-hydrogen) atoms. The smallest absolute Gasteiger partial charge is 0.234 e. The van der Waals surface area contributed by atoms with E-state index in [2.05, 4.69) is 21.4 Å². The van der Waals surface area contributed by atoms with Crippen molar-refractivity contribution in [2.45, 2.75) is 38.4 Å². The van der Waals surface area contributed by atoms with E-state index in [4.69, 9.17) is 0 Å². The number of nitrogens with zero attached hydrogens (tertiary/aromatic N) is 3. The molecular weight excluding hydrogens is 296 g/mol. The summed E-state index contributed by atoms with van der Waals surface area (Å²) in [5.41, 5.74) is 0. The van der Waals surface area contributed by atoms with Crippen LogP contribution in [0.2, 0.25) is 0 Å². The van der Waals surface area contributed by atoms with Crippen LogP contribution in [0, 0.1) is 0 Å². The van der Waals surface area contributed by atoms with Gasteiger partial charge in [-0.1, -0.05) is 6.07 Å². The average molecular weight is 318 g/mol. The molecule has 0 saturated carbocycles. The van der Waals surface area contributed by atoms with E-state index in [0.29, 0.717) is 12.6 Å². The van der Waals surface area contributed by atoms with E-state index in [1.807, 2.05) is 35.3 Å². The minimum Gasteiger partial charge on any atom is -0.348 e. The zero-order valence-electron chi connectivity index (χ0n) is 12.8. The number of nitrogens with one attached hydrogen (secondary N) is 1. The summed E-state index contributed by atoms with van der Waals surface area (Å²) in [6.07, 6.45) is 6.07. The number of hydrogen-bond acceptors (Lipinski definition) is 4. The fraction of sp³-hybridized carbons (Fsp3) is 0.500.